The van der Waals surface area contributed by atoms with E-state index in [4.69, 9.17) is 4.74 Å². The third-order valence-corrected chi connectivity index (χ3v) is 8.68. The highest BCUT2D eigenvalue weighted by Crippen LogP contribution is 2.31. The maximum atomic E-state index is 14.2. The number of carbonyl (C=O) groups is 5. The number of ketones is 1. The van der Waals surface area contributed by atoms with E-state index in [0.29, 0.717) is 38.6 Å². The van der Waals surface area contributed by atoms with E-state index in [1.807, 2.05) is 24.3 Å². The molecular weight excluding hydrogens is 584 g/mol. The molecule has 0 aromatic heterocycles. The summed E-state index contributed by atoms with van der Waals surface area (Å²) in [6.45, 7) is 11.9. The van der Waals surface area contributed by atoms with Gasteiger partial charge in [-0.1, -0.05) is 63.1 Å². The number of likely N-dealkylation sites (tertiary alicyclic amines) is 1. The Balaban J connectivity index is 0.00000185. The van der Waals surface area contributed by atoms with Gasteiger partial charge >= 0.3 is 6.09 Å². The molecule has 1 saturated carbocycles. The van der Waals surface area contributed by atoms with Gasteiger partial charge in [0, 0.05) is 13.1 Å². The van der Waals surface area contributed by atoms with E-state index in [1.165, 1.54) is 17.4 Å². The molecule has 10 heteroatoms. The summed E-state index contributed by atoms with van der Waals surface area (Å²) in [7, 11) is 0. The van der Waals surface area contributed by atoms with Crippen molar-refractivity contribution in [3.05, 3.63) is 60.7 Å². The van der Waals surface area contributed by atoms with Crippen LogP contribution < -0.4 is 16.0 Å². The zero-order valence-electron chi connectivity index (χ0n) is 27.6. The molecule has 2 fully saturated rings. The largest absolute Gasteiger partial charge is 0.446 e. The molecule has 46 heavy (non-hydrogen) atoms. The minimum atomic E-state index is -1.06. The molecule has 1 unspecified atom stereocenters. The van der Waals surface area contributed by atoms with Crippen molar-refractivity contribution in [1.82, 2.24) is 20.9 Å². The quantitative estimate of drug-likeness (QED) is 0.215. The van der Waals surface area contributed by atoms with Gasteiger partial charge in [0.1, 0.15) is 18.2 Å². The molecule has 3 aliphatic rings. The molecule has 2 aliphatic carbocycles. The smallest absolute Gasteiger partial charge is 0.408 e. The summed E-state index contributed by atoms with van der Waals surface area (Å²) >= 11 is 0. The number of fused-ring (bicyclic) bond motifs is 1. The third-order valence-electron chi connectivity index (χ3n) is 8.68. The van der Waals surface area contributed by atoms with Crippen LogP contribution in [-0.4, -0.2) is 71.8 Å². The summed E-state index contributed by atoms with van der Waals surface area (Å²) in [5.41, 5.74) is 2.28. The highest BCUT2D eigenvalue weighted by molar-refractivity contribution is 6.38. The van der Waals surface area contributed by atoms with Crippen molar-refractivity contribution in [3.63, 3.8) is 0 Å². The van der Waals surface area contributed by atoms with Crippen molar-refractivity contribution in [2.75, 3.05) is 13.1 Å². The second-order valence-electron chi connectivity index (χ2n) is 12.4. The number of Topliss-reactive ketones (excluding diaryl/α,β-unsaturated/α-hetero) is 1. The number of hydrogen-bond acceptors (Lipinski definition) is 6. The summed E-state index contributed by atoms with van der Waals surface area (Å²) in [5, 5.41) is 8.07. The Morgan fingerprint density at radius 1 is 0.935 bits per heavy atom. The molecule has 1 heterocycles. The average molecular weight is 637 g/mol. The lowest BCUT2D eigenvalue weighted by Crippen LogP contribution is -2.58. The lowest BCUT2D eigenvalue weighted by molar-refractivity contribution is -0.143. The van der Waals surface area contributed by atoms with Crippen molar-refractivity contribution in [2.24, 2.45) is 5.92 Å². The van der Waals surface area contributed by atoms with E-state index in [0.717, 1.165) is 43.2 Å². The van der Waals surface area contributed by atoms with E-state index in [1.54, 1.807) is 6.08 Å². The molecular formula is C36H52N4O6. The van der Waals surface area contributed by atoms with Gasteiger partial charge in [0.2, 0.25) is 17.6 Å². The molecule has 10 nitrogen and oxygen atoms in total. The predicted molar refractivity (Wildman–Crippen MR) is 178 cm³/mol. The number of rotatable bonds is 13. The van der Waals surface area contributed by atoms with E-state index in [2.05, 4.69) is 43.0 Å². The van der Waals surface area contributed by atoms with Crippen LogP contribution in [0.3, 0.4) is 0 Å². The van der Waals surface area contributed by atoms with Gasteiger partial charge in [-0.25, -0.2) is 4.79 Å². The van der Waals surface area contributed by atoms with E-state index in [9.17, 15) is 24.0 Å². The van der Waals surface area contributed by atoms with Crippen LogP contribution >= 0.6 is 0 Å². The van der Waals surface area contributed by atoms with Crippen molar-refractivity contribution in [1.29, 1.82) is 0 Å². The number of hydrogen-bond donors (Lipinski definition) is 3. The van der Waals surface area contributed by atoms with Gasteiger partial charge < -0.3 is 25.6 Å². The summed E-state index contributed by atoms with van der Waals surface area (Å²) in [6, 6.07) is 5.24. The van der Waals surface area contributed by atoms with Crippen molar-refractivity contribution in [3.8, 4) is 0 Å². The van der Waals surface area contributed by atoms with Gasteiger partial charge in [-0.3, -0.25) is 19.2 Å². The molecule has 0 bridgehead atoms. The molecule has 0 radical (unpaired) electrons. The predicted octanol–water partition coefficient (Wildman–Crippen LogP) is 4.56. The number of alkyl carbamates (subject to hydrolysis) is 1. The number of amides is 4. The van der Waals surface area contributed by atoms with E-state index in [-0.39, 0.29) is 30.9 Å². The number of ether oxygens (including phenoxy) is 1. The highest BCUT2D eigenvalue weighted by atomic mass is 16.6. The zero-order valence-corrected chi connectivity index (χ0v) is 27.6. The SMILES string of the molecule is C=CCCC(NC(=O)[C@@H]1CCCN1C(=O)[C@@H](NC(=O)OC1CCCCC1)C1Cc2ccccc2C1)C(=O)C(=O)NCC=C.CCC. The number of allylic oxidation sites excluding steroid dienone is 1. The monoisotopic (exact) mass is 636 g/mol. The second-order valence-corrected chi connectivity index (χ2v) is 12.4. The molecule has 3 atom stereocenters. The normalized spacial score (nSPS) is 19.0. The highest BCUT2D eigenvalue weighted by Gasteiger charge is 2.43. The van der Waals surface area contributed by atoms with Crippen LogP contribution in [-0.2, 0) is 36.8 Å². The minimum absolute atomic E-state index is 0.125. The molecule has 3 N–H and O–H groups in total. The summed E-state index contributed by atoms with van der Waals surface area (Å²) < 4.78 is 5.72. The topological polar surface area (TPSA) is 134 Å². The summed E-state index contributed by atoms with van der Waals surface area (Å²) in [6.07, 6.45) is 11.2. The van der Waals surface area contributed by atoms with Crippen LogP contribution in [0, 0.1) is 5.92 Å². The van der Waals surface area contributed by atoms with Crippen molar-refractivity contribution in [2.45, 2.75) is 115 Å². The number of nitrogens with one attached hydrogen (secondary N) is 3. The van der Waals surface area contributed by atoms with Crippen LogP contribution in [0.5, 0.6) is 0 Å². The van der Waals surface area contributed by atoms with Gasteiger partial charge in [-0.2, -0.15) is 0 Å². The first kappa shape index (κ1) is 36.5. The molecule has 252 valence electrons. The Kier molecular flexibility index (Phi) is 15.0. The lowest BCUT2D eigenvalue weighted by atomic mass is 9.94. The zero-order chi connectivity index (χ0) is 33.5. The standard InChI is InChI=1S/C33H44N4O6.C3H8/c1-3-5-16-26(29(38)31(40)34-18-4-2)35-30(39)27-17-11-19-37(27)32(41)28(24-20-22-12-9-10-13-23(22)21-24)36-33(42)43-25-14-7-6-8-15-25;1-3-2/h3-4,9-10,12-13,24-28H,1-2,5-8,11,14-21H2,(H,34,40)(H,35,39)(H,36,42);3H2,1-2H3/t26?,27-,28-;/m0./s1. The molecule has 0 spiro atoms. The van der Waals surface area contributed by atoms with Crippen molar-refractivity contribution < 1.29 is 28.7 Å². The average Bonchev–Trinajstić information content (AvgIpc) is 3.72. The maximum Gasteiger partial charge on any atom is 0.408 e. The van der Waals surface area contributed by atoms with E-state index < -0.39 is 41.8 Å². The van der Waals surface area contributed by atoms with Gasteiger partial charge in [-0.05, 0) is 81.3 Å². The minimum Gasteiger partial charge on any atom is -0.446 e. The first-order chi connectivity index (χ1) is 22.2. The van der Waals surface area contributed by atoms with Gasteiger partial charge in [0.25, 0.3) is 5.91 Å². The third kappa shape index (κ3) is 10.3. The fourth-order valence-electron chi connectivity index (χ4n) is 6.42. The maximum absolute atomic E-state index is 14.2. The number of carbonyl (C=O) groups excluding carboxylic acids is 5. The Morgan fingerprint density at radius 3 is 2.20 bits per heavy atom. The molecule has 1 aromatic carbocycles. The summed E-state index contributed by atoms with van der Waals surface area (Å²) in [5.74, 6) is -2.60. The molecule has 1 aliphatic heterocycles. The second kappa shape index (κ2) is 18.9. The molecule has 4 rings (SSSR count). The van der Waals surface area contributed by atoms with E-state index >= 15 is 0 Å². The number of nitrogens with zero attached hydrogens (tertiary/aromatic N) is 1. The van der Waals surface area contributed by atoms with Gasteiger partial charge in [0.05, 0.1) is 6.04 Å². The lowest BCUT2D eigenvalue weighted by Gasteiger charge is -2.32. The fourth-order valence-corrected chi connectivity index (χ4v) is 6.42. The molecule has 1 aromatic rings. The van der Waals surface area contributed by atoms with Gasteiger partial charge in [-0.15, -0.1) is 13.2 Å². The van der Waals surface area contributed by atoms with Gasteiger partial charge in [0.15, 0.2) is 0 Å². The van der Waals surface area contributed by atoms with Crippen LogP contribution in [0.15, 0.2) is 49.6 Å². The van der Waals surface area contributed by atoms with Crippen LogP contribution in [0.4, 0.5) is 4.79 Å². The van der Waals surface area contributed by atoms with Crippen LogP contribution in [0.2, 0.25) is 0 Å². The van der Waals surface area contributed by atoms with Crippen LogP contribution in [0.1, 0.15) is 89.2 Å². The summed E-state index contributed by atoms with van der Waals surface area (Å²) in [4.78, 5) is 67.5. The molecule has 1 saturated heterocycles. The fraction of sp³-hybridized carbons (Fsp3) is 0.583. The van der Waals surface area contributed by atoms with Crippen molar-refractivity contribution >= 4 is 29.6 Å². The Hall–Kier alpha value is -3.95. The molecule has 4 amide bonds. The van der Waals surface area contributed by atoms with Crippen LogP contribution in [0.25, 0.3) is 0 Å². The first-order valence-corrected chi connectivity index (χ1v) is 16.9. The number of benzene rings is 1. The Morgan fingerprint density at radius 2 is 1.59 bits per heavy atom. The Bertz CT molecular complexity index is 1200. The first-order valence-electron chi connectivity index (χ1n) is 16.9. The Labute approximate surface area is 273 Å².